The van der Waals surface area contributed by atoms with E-state index >= 15 is 0 Å². The second-order valence-corrected chi connectivity index (χ2v) is 10.1. The lowest BCUT2D eigenvalue weighted by Gasteiger charge is -2.28. The summed E-state index contributed by atoms with van der Waals surface area (Å²) in [5.41, 5.74) is 0.964. The van der Waals surface area contributed by atoms with Gasteiger partial charge in [-0.2, -0.15) is 0 Å². The fourth-order valence-electron chi connectivity index (χ4n) is 3.51. The standard InChI is InChI=1S/C27H30FN3O7S/c1-19(27(34)29-15-16-32)31(17-20-3-9-23(37-2)10-4-20)26(33)18-38-24-11-13-25(14-12-24)39(35,36)30-22-7-5-21(28)6-8-22/h3-14,19,30,32H,15-18H2,1-2H3,(H,29,34). The Hall–Kier alpha value is -4.16. The van der Waals surface area contributed by atoms with Gasteiger partial charge < -0.3 is 24.8 Å². The highest BCUT2D eigenvalue weighted by molar-refractivity contribution is 7.92. The van der Waals surface area contributed by atoms with Crippen LogP contribution in [0.3, 0.4) is 0 Å². The van der Waals surface area contributed by atoms with Crippen molar-refractivity contribution in [1.29, 1.82) is 0 Å². The van der Waals surface area contributed by atoms with Crippen LogP contribution in [-0.2, 0) is 26.2 Å². The molecule has 3 rings (SSSR count). The molecule has 1 atom stereocenters. The zero-order valence-corrected chi connectivity index (χ0v) is 22.3. The van der Waals surface area contributed by atoms with Crippen LogP contribution in [0.15, 0.2) is 77.7 Å². The molecular weight excluding hydrogens is 529 g/mol. The summed E-state index contributed by atoms with van der Waals surface area (Å²) in [5.74, 6) is -0.518. The lowest BCUT2D eigenvalue weighted by molar-refractivity contribution is -0.142. The number of amides is 2. The molecule has 39 heavy (non-hydrogen) atoms. The van der Waals surface area contributed by atoms with Crippen molar-refractivity contribution in [3.63, 3.8) is 0 Å². The van der Waals surface area contributed by atoms with E-state index in [0.717, 1.165) is 17.7 Å². The van der Waals surface area contributed by atoms with E-state index in [1.165, 1.54) is 41.3 Å². The van der Waals surface area contributed by atoms with Gasteiger partial charge in [-0.1, -0.05) is 12.1 Å². The van der Waals surface area contributed by atoms with Crippen LogP contribution in [0.1, 0.15) is 12.5 Å². The van der Waals surface area contributed by atoms with Crippen LogP contribution in [0.4, 0.5) is 10.1 Å². The average molecular weight is 560 g/mol. The topological polar surface area (TPSA) is 134 Å². The maximum Gasteiger partial charge on any atom is 0.261 e. The molecule has 0 aliphatic heterocycles. The van der Waals surface area contributed by atoms with Crippen molar-refractivity contribution in [2.75, 3.05) is 31.6 Å². The number of halogens is 1. The number of nitrogens with one attached hydrogen (secondary N) is 2. The van der Waals surface area contributed by atoms with Gasteiger partial charge in [0, 0.05) is 18.8 Å². The van der Waals surface area contributed by atoms with Gasteiger partial charge in [-0.05, 0) is 73.2 Å². The highest BCUT2D eigenvalue weighted by atomic mass is 32.2. The predicted octanol–water partition coefficient (Wildman–Crippen LogP) is 2.54. The zero-order valence-electron chi connectivity index (χ0n) is 21.5. The van der Waals surface area contributed by atoms with E-state index < -0.39 is 40.3 Å². The first-order valence-electron chi connectivity index (χ1n) is 11.9. The SMILES string of the molecule is COc1ccc(CN(C(=O)COc2ccc(S(=O)(=O)Nc3ccc(F)cc3)cc2)C(C)C(=O)NCCO)cc1. The summed E-state index contributed by atoms with van der Waals surface area (Å²) in [6.07, 6.45) is 0. The molecule has 0 fully saturated rings. The molecule has 2 amide bonds. The molecule has 12 heteroatoms. The lowest BCUT2D eigenvalue weighted by Crippen LogP contribution is -2.49. The number of hydrogen-bond donors (Lipinski definition) is 3. The summed E-state index contributed by atoms with van der Waals surface area (Å²) in [4.78, 5) is 27.0. The van der Waals surface area contributed by atoms with Crippen molar-refractivity contribution in [1.82, 2.24) is 10.2 Å². The molecule has 0 radical (unpaired) electrons. The molecule has 3 N–H and O–H groups in total. The number of methoxy groups -OCH3 is 1. The maximum absolute atomic E-state index is 13.1. The molecule has 3 aromatic rings. The van der Waals surface area contributed by atoms with Gasteiger partial charge in [-0.3, -0.25) is 14.3 Å². The van der Waals surface area contributed by atoms with Gasteiger partial charge in [0.2, 0.25) is 5.91 Å². The lowest BCUT2D eigenvalue weighted by atomic mass is 10.1. The number of carbonyl (C=O) groups excluding carboxylic acids is 2. The Morgan fingerprint density at radius 1 is 0.974 bits per heavy atom. The third kappa shape index (κ3) is 8.42. The molecule has 0 saturated carbocycles. The molecular formula is C27H30FN3O7S. The fraction of sp³-hybridized carbons (Fsp3) is 0.259. The highest BCUT2D eigenvalue weighted by Gasteiger charge is 2.26. The molecule has 3 aromatic carbocycles. The van der Waals surface area contributed by atoms with Gasteiger partial charge in [-0.15, -0.1) is 0 Å². The third-order valence-corrected chi connectivity index (χ3v) is 7.08. The number of aliphatic hydroxyl groups excluding tert-OH is 1. The van der Waals surface area contributed by atoms with Crippen molar-refractivity contribution < 1.29 is 37.0 Å². The van der Waals surface area contributed by atoms with Crippen molar-refractivity contribution in [3.05, 3.63) is 84.2 Å². The number of ether oxygens (including phenoxy) is 2. The van der Waals surface area contributed by atoms with Crippen molar-refractivity contribution >= 4 is 27.5 Å². The van der Waals surface area contributed by atoms with E-state index in [2.05, 4.69) is 10.0 Å². The fourth-order valence-corrected chi connectivity index (χ4v) is 4.57. The molecule has 0 spiro atoms. The second kappa shape index (κ2) is 13.6. The molecule has 0 aromatic heterocycles. The maximum atomic E-state index is 13.1. The van der Waals surface area contributed by atoms with Gasteiger partial charge in [0.05, 0.1) is 18.6 Å². The first-order valence-corrected chi connectivity index (χ1v) is 13.4. The summed E-state index contributed by atoms with van der Waals surface area (Å²) in [7, 11) is -2.39. The van der Waals surface area contributed by atoms with Crippen LogP contribution >= 0.6 is 0 Å². The van der Waals surface area contributed by atoms with Gasteiger partial charge in [0.15, 0.2) is 6.61 Å². The highest BCUT2D eigenvalue weighted by Crippen LogP contribution is 2.20. The van der Waals surface area contributed by atoms with E-state index in [1.807, 2.05) is 0 Å². The second-order valence-electron chi connectivity index (χ2n) is 8.43. The Labute approximate surface area is 226 Å². The Morgan fingerprint density at radius 2 is 1.59 bits per heavy atom. The van der Waals surface area contributed by atoms with Crippen LogP contribution in [0, 0.1) is 5.82 Å². The van der Waals surface area contributed by atoms with Crippen LogP contribution in [0.2, 0.25) is 0 Å². The predicted molar refractivity (Wildman–Crippen MR) is 142 cm³/mol. The summed E-state index contributed by atoms with van der Waals surface area (Å²) < 4.78 is 51.4. The van der Waals surface area contributed by atoms with Crippen molar-refractivity contribution in [3.8, 4) is 11.5 Å². The van der Waals surface area contributed by atoms with Crippen LogP contribution in [0.5, 0.6) is 11.5 Å². The van der Waals surface area contributed by atoms with Crippen LogP contribution in [-0.4, -0.2) is 63.1 Å². The number of anilines is 1. The number of nitrogens with zero attached hydrogens (tertiary/aromatic N) is 1. The molecule has 208 valence electrons. The van der Waals surface area contributed by atoms with Crippen LogP contribution in [0.25, 0.3) is 0 Å². The average Bonchev–Trinajstić information content (AvgIpc) is 2.94. The van der Waals surface area contributed by atoms with Gasteiger partial charge >= 0.3 is 0 Å². The largest absolute Gasteiger partial charge is 0.497 e. The van der Waals surface area contributed by atoms with Crippen molar-refractivity contribution in [2.24, 2.45) is 0 Å². The first-order chi connectivity index (χ1) is 18.6. The smallest absolute Gasteiger partial charge is 0.261 e. The molecule has 10 nitrogen and oxygen atoms in total. The summed E-state index contributed by atoms with van der Waals surface area (Å²) in [6.45, 7) is 1.09. The first kappa shape index (κ1) is 29.4. The Bertz CT molecular complexity index is 1350. The van der Waals surface area contributed by atoms with Gasteiger partial charge in [0.25, 0.3) is 15.9 Å². The van der Waals surface area contributed by atoms with Gasteiger partial charge in [0.1, 0.15) is 23.4 Å². The van der Waals surface area contributed by atoms with E-state index in [1.54, 1.807) is 38.3 Å². The van der Waals surface area contributed by atoms with E-state index in [4.69, 9.17) is 14.6 Å². The number of sulfonamides is 1. The monoisotopic (exact) mass is 559 g/mol. The number of rotatable bonds is 13. The Morgan fingerprint density at radius 3 is 2.18 bits per heavy atom. The molecule has 0 heterocycles. The van der Waals surface area contributed by atoms with E-state index in [0.29, 0.717) is 5.75 Å². The minimum atomic E-state index is -3.93. The third-order valence-electron chi connectivity index (χ3n) is 5.68. The molecule has 0 saturated heterocycles. The summed E-state index contributed by atoms with van der Waals surface area (Å²) in [6, 6.07) is 16.5. The number of hydrogen-bond acceptors (Lipinski definition) is 7. The number of carbonyl (C=O) groups is 2. The minimum Gasteiger partial charge on any atom is -0.497 e. The molecule has 0 aliphatic rings. The normalized spacial score (nSPS) is 11.8. The summed E-state index contributed by atoms with van der Waals surface area (Å²) in [5, 5.41) is 11.6. The molecule has 0 bridgehead atoms. The Kier molecular flexibility index (Phi) is 10.2. The Balaban J connectivity index is 1.68. The molecule has 0 aliphatic carbocycles. The number of benzene rings is 3. The van der Waals surface area contributed by atoms with E-state index in [9.17, 15) is 22.4 Å². The summed E-state index contributed by atoms with van der Waals surface area (Å²) >= 11 is 0. The van der Waals surface area contributed by atoms with Gasteiger partial charge in [-0.25, -0.2) is 12.8 Å². The van der Waals surface area contributed by atoms with Crippen molar-refractivity contribution in [2.45, 2.75) is 24.4 Å². The molecule has 1 unspecified atom stereocenters. The zero-order chi connectivity index (χ0) is 28.4. The van der Waals surface area contributed by atoms with E-state index in [-0.39, 0.29) is 36.0 Å². The quantitative estimate of drug-likeness (QED) is 0.293. The minimum absolute atomic E-state index is 0.0511. The number of aliphatic hydroxyl groups is 1. The van der Waals surface area contributed by atoms with Crippen LogP contribution < -0.4 is 19.5 Å².